The van der Waals surface area contributed by atoms with Gasteiger partial charge in [-0.3, -0.25) is 4.90 Å². The Morgan fingerprint density at radius 2 is 1.74 bits per heavy atom. The third-order valence-corrected chi connectivity index (χ3v) is 5.43. The minimum atomic E-state index is 0.432. The molecule has 2 aromatic carbocycles. The van der Waals surface area contributed by atoms with Gasteiger partial charge in [-0.2, -0.15) is 0 Å². The number of rotatable bonds is 8. The van der Waals surface area contributed by atoms with Gasteiger partial charge in [-0.05, 0) is 31.5 Å². The van der Waals surface area contributed by atoms with E-state index >= 15 is 0 Å². The average molecular weight is 383 g/mol. The number of hydrogen-bond donors (Lipinski definition) is 0. The summed E-state index contributed by atoms with van der Waals surface area (Å²) in [5.74, 6) is 1.45. The maximum absolute atomic E-state index is 5.56. The second-order valence-electron chi connectivity index (χ2n) is 6.67. The number of methoxy groups -OCH3 is 2. The second kappa shape index (κ2) is 9.02. The monoisotopic (exact) mass is 382 g/mol. The van der Waals surface area contributed by atoms with Gasteiger partial charge >= 0.3 is 0 Å². The molecule has 3 rings (SSSR count). The molecule has 0 fully saturated rings. The van der Waals surface area contributed by atoms with Gasteiger partial charge in [0.2, 0.25) is 0 Å². The van der Waals surface area contributed by atoms with E-state index in [0.717, 1.165) is 40.9 Å². The van der Waals surface area contributed by atoms with Crippen molar-refractivity contribution in [2.75, 3.05) is 14.2 Å². The number of ether oxygens (including phenoxy) is 2. The van der Waals surface area contributed by atoms with E-state index in [0.29, 0.717) is 6.04 Å². The number of hydrogen-bond acceptors (Lipinski definition) is 5. The molecular weight excluding hydrogens is 356 g/mol. The lowest BCUT2D eigenvalue weighted by atomic mass is 10.2. The summed E-state index contributed by atoms with van der Waals surface area (Å²) in [4.78, 5) is 7.30. The highest BCUT2D eigenvalue weighted by molar-refractivity contribution is 7.13. The molecule has 27 heavy (non-hydrogen) atoms. The number of aromatic nitrogens is 1. The summed E-state index contributed by atoms with van der Waals surface area (Å²) in [6, 6.07) is 16.9. The molecule has 0 bridgehead atoms. The molecule has 0 radical (unpaired) electrons. The van der Waals surface area contributed by atoms with Gasteiger partial charge in [-0.25, -0.2) is 4.98 Å². The zero-order chi connectivity index (χ0) is 19.2. The maximum atomic E-state index is 5.56. The van der Waals surface area contributed by atoms with Crippen molar-refractivity contribution in [1.29, 1.82) is 0 Å². The van der Waals surface area contributed by atoms with Gasteiger partial charge in [0, 0.05) is 24.5 Å². The molecule has 0 spiro atoms. The third kappa shape index (κ3) is 4.67. The smallest absolute Gasteiger partial charge is 0.170 e. The van der Waals surface area contributed by atoms with Crippen molar-refractivity contribution in [3.8, 4) is 22.1 Å². The molecule has 0 saturated heterocycles. The molecule has 0 N–H and O–H groups in total. The Bertz CT molecular complexity index is 862. The van der Waals surface area contributed by atoms with Crippen molar-refractivity contribution in [2.24, 2.45) is 0 Å². The SMILES string of the molecule is COc1cccc(-c2nc(CN(Cc3ccccc3)C(C)C)cs2)c1OC. The first-order chi connectivity index (χ1) is 13.1. The van der Waals surface area contributed by atoms with Crippen LogP contribution in [0.4, 0.5) is 0 Å². The minimum Gasteiger partial charge on any atom is -0.493 e. The first-order valence-electron chi connectivity index (χ1n) is 9.06. The fourth-order valence-corrected chi connectivity index (χ4v) is 3.84. The van der Waals surface area contributed by atoms with Gasteiger partial charge in [0.05, 0.1) is 25.5 Å². The van der Waals surface area contributed by atoms with Crippen LogP contribution in [0.25, 0.3) is 10.6 Å². The third-order valence-electron chi connectivity index (χ3n) is 4.51. The van der Waals surface area contributed by atoms with Crippen molar-refractivity contribution in [1.82, 2.24) is 9.88 Å². The van der Waals surface area contributed by atoms with E-state index < -0.39 is 0 Å². The Balaban J connectivity index is 1.81. The van der Waals surface area contributed by atoms with Crippen molar-refractivity contribution >= 4 is 11.3 Å². The molecule has 3 aromatic rings. The Morgan fingerprint density at radius 3 is 2.41 bits per heavy atom. The molecule has 142 valence electrons. The Morgan fingerprint density at radius 1 is 0.963 bits per heavy atom. The fourth-order valence-electron chi connectivity index (χ4n) is 3.01. The Kier molecular flexibility index (Phi) is 6.48. The van der Waals surface area contributed by atoms with Crippen molar-refractivity contribution in [3.05, 3.63) is 65.2 Å². The van der Waals surface area contributed by atoms with E-state index in [-0.39, 0.29) is 0 Å². The topological polar surface area (TPSA) is 34.6 Å². The summed E-state index contributed by atoms with van der Waals surface area (Å²) in [5, 5.41) is 3.08. The zero-order valence-electron chi connectivity index (χ0n) is 16.3. The number of benzene rings is 2. The first-order valence-corrected chi connectivity index (χ1v) is 9.94. The molecule has 4 nitrogen and oxygen atoms in total. The van der Waals surface area contributed by atoms with Gasteiger partial charge < -0.3 is 9.47 Å². The van der Waals surface area contributed by atoms with Crippen molar-refractivity contribution in [3.63, 3.8) is 0 Å². The molecule has 0 atom stereocenters. The highest BCUT2D eigenvalue weighted by Gasteiger charge is 2.17. The van der Waals surface area contributed by atoms with Gasteiger partial charge in [0.1, 0.15) is 5.01 Å². The molecule has 0 amide bonds. The van der Waals surface area contributed by atoms with E-state index in [9.17, 15) is 0 Å². The molecule has 0 saturated carbocycles. The van der Waals surface area contributed by atoms with Crippen LogP contribution in [0.1, 0.15) is 25.1 Å². The Labute approximate surface area is 165 Å². The number of nitrogens with zero attached hydrogens (tertiary/aromatic N) is 2. The predicted octanol–water partition coefficient (Wildman–Crippen LogP) is 5.24. The quantitative estimate of drug-likeness (QED) is 0.534. The van der Waals surface area contributed by atoms with E-state index in [1.807, 2.05) is 18.2 Å². The summed E-state index contributed by atoms with van der Waals surface area (Å²) < 4.78 is 11.0. The lowest BCUT2D eigenvalue weighted by molar-refractivity contribution is 0.201. The summed E-state index contributed by atoms with van der Waals surface area (Å²) >= 11 is 1.64. The van der Waals surface area contributed by atoms with Crippen LogP contribution in [-0.4, -0.2) is 30.1 Å². The lowest BCUT2D eigenvalue weighted by Crippen LogP contribution is -2.29. The van der Waals surface area contributed by atoms with Crippen LogP contribution >= 0.6 is 11.3 Å². The summed E-state index contributed by atoms with van der Waals surface area (Å²) in [5.41, 5.74) is 3.35. The Hall–Kier alpha value is -2.37. The average Bonchev–Trinajstić information content (AvgIpc) is 3.15. The molecule has 0 aliphatic rings. The molecule has 0 aliphatic carbocycles. The molecule has 0 aliphatic heterocycles. The van der Waals surface area contributed by atoms with Gasteiger partial charge in [0.25, 0.3) is 0 Å². The van der Waals surface area contributed by atoms with E-state index in [2.05, 4.69) is 54.5 Å². The standard InChI is InChI=1S/C22H26N2O2S/c1-16(2)24(13-17-9-6-5-7-10-17)14-18-15-27-22(23-18)19-11-8-12-20(25-3)21(19)26-4/h5-12,15-16H,13-14H2,1-4H3. The summed E-state index contributed by atoms with van der Waals surface area (Å²) in [6.07, 6.45) is 0. The van der Waals surface area contributed by atoms with Crippen molar-refractivity contribution < 1.29 is 9.47 Å². The van der Waals surface area contributed by atoms with Crippen LogP contribution in [-0.2, 0) is 13.1 Å². The predicted molar refractivity (Wildman–Crippen MR) is 111 cm³/mol. The molecule has 0 unspecified atom stereocenters. The normalized spacial score (nSPS) is 11.2. The van der Waals surface area contributed by atoms with E-state index in [1.54, 1.807) is 25.6 Å². The summed E-state index contributed by atoms with van der Waals surface area (Å²) in [6.45, 7) is 6.17. The maximum Gasteiger partial charge on any atom is 0.170 e. The van der Waals surface area contributed by atoms with E-state index in [4.69, 9.17) is 14.5 Å². The zero-order valence-corrected chi connectivity index (χ0v) is 17.1. The molecule has 1 aromatic heterocycles. The van der Waals surface area contributed by atoms with Crippen molar-refractivity contribution in [2.45, 2.75) is 33.0 Å². The van der Waals surface area contributed by atoms with Crippen LogP contribution in [0.2, 0.25) is 0 Å². The minimum absolute atomic E-state index is 0.432. The first kappa shape index (κ1) is 19.4. The van der Waals surface area contributed by atoms with Crippen LogP contribution in [0.5, 0.6) is 11.5 Å². The van der Waals surface area contributed by atoms with Crippen LogP contribution < -0.4 is 9.47 Å². The highest BCUT2D eigenvalue weighted by Crippen LogP contribution is 2.39. The van der Waals surface area contributed by atoms with Gasteiger partial charge in [-0.15, -0.1) is 11.3 Å². The number of para-hydroxylation sites is 1. The molecule has 5 heteroatoms. The van der Waals surface area contributed by atoms with Gasteiger partial charge in [-0.1, -0.05) is 36.4 Å². The fraction of sp³-hybridized carbons (Fsp3) is 0.318. The molecule has 1 heterocycles. The highest BCUT2D eigenvalue weighted by atomic mass is 32.1. The van der Waals surface area contributed by atoms with E-state index in [1.165, 1.54) is 5.56 Å². The van der Waals surface area contributed by atoms with Crippen LogP contribution in [0.3, 0.4) is 0 Å². The largest absolute Gasteiger partial charge is 0.493 e. The lowest BCUT2D eigenvalue weighted by Gasteiger charge is -2.25. The molecular formula is C22H26N2O2S. The number of thiazole rings is 1. The van der Waals surface area contributed by atoms with Crippen LogP contribution in [0, 0.1) is 0 Å². The summed E-state index contributed by atoms with van der Waals surface area (Å²) in [7, 11) is 3.31. The van der Waals surface area contributed by atoms with Gasteiger partial charge in [0.15, 0.2) is 11.5 Å². The van der Waals surface area contributed by atoms with Crippen LogP contribution in [0.15, 0.2) is 53.9 Å². The second-order valence-corrected chi connectivity index (χ2v) is 7.53.